The molecule has 4 N–H and O–H groups in total. The molecule has 1 saturated carbocycles. The Labute approximate surface area is 114 Å². The lowest BCUT2D eigenvalue weighted by atomic mass is 9.66. The number of hydrogen-bond acceptors (Lipinski definition) is 5. The molecular weight excluding hydrogens is 263 g/mol. The summed E-state index contributed by atoms with van der Waals surface area (Å²) in [4.78, 5) is 7.84. The third-order valence-electron chi connectivity index (χ3n) is 4.08. The Bertz CT molecular complexity index is 684. The maximum absolute atomic E-state index is 14.0. The summed E-state index contributed by atoms with van der Waals surface area (Å²) in [5, 5.41) is 18.9. The lowest BCUT2D eigenvalue weighted by Gasteiger charge is -2.46. The Morgan fingerprint density at radius 2 is 2.10 bits per heavy atom. The Balaban J connectivity index is 2.12. The van der Waals surface area contributed by atoms with Crippen molar-refractivity contribution in [3.8, 4) is 0 Å². The Morgan fingerprint density at radius 3 is 2.75 bits per heavy atom. The van der Waals surface area contributed by atoms with Crippen LogP contribution in [0.1, 0.15) is 6.04 Å². The van der Waals surface area contributed by atoms with Gasteiger partial charge in [-0.25, -0.2) is 14.4 Å². The van der Waals surface area contributed by atoms with Gasteiger partial charge in [0.1, 0.15) is 17.8 Å². The molecule has 0 radical (unpaired) electrons. The number of aromatic nitrogens is 3. The van der Waals surface area contributed by atoms with Crippen molar-refractivity contribution in [2.75, 3.05) is 18.9 Å². The molecular formula is C13H15FN4O2. The van der Waals surface area contributed by atoms with Crippen molar-refractivity contribution in [3.63, 3.8) is 0 Å². The molecule has 2 aromatic rings. The van der Waals surface area contributed by atoms with Crippen LogP contribution in [0.2, 0.25) is 0 Å². The molecule has 0 bridgehead atoms. The van der Waals surface area contributed by atoms with E-state index in [1.807, 2.05) is 0 Å². The molecule has 20 heavy (non-hydrogen) atoms. The monoisotopic (exact) mass is 278 g/mol. The first kappa shape index (κ1) is 13.0. The van der Waals surface area contributed by atoms with E-state index < -0.39 is 5.82 Å². The number of halogens is 1. The standard InChI is InChI=1S/C13H15FN4O2/c1-6-7(3-19)8(4-20)11(6)18-2-9(14)10-12(15)16-5-17-13(10)18/h2,5,7-8,11,19-20H,1,3-4H2,(H2,15,16,17)/t7-,8+,11+/m0/s1. The normalized spacial score (nSPS) is 25.9. The molecule has 1 fully saturated rings. The highest BCUT2D eigenvalue weighted by atomic mass is 19.1. The van der Waals surface area contributed by atoms with Crippen LogP contribution in [0.4, 0.5) is 10.2 Å². The average Bonchev–Trinajstić information content (AvgIpc) is 2.75. The second kappa shape index (κ2) is 4.53. The Kier molecular flexibility index (Phi) is 2.95. The summed E-state index contributed by atoms with van der Waals surface area (Å²) in [6.45, 7) is 3.72. The molecule has 0 amide bonds. The Morgan fingerprint density at radius 1 is 1.35 bits per heavy atom. The maximum Gasteiger partial charge on any atom is 0.154 e. The van der Waals surface area contributed by atoms with Crippen LogP contribution in [-0.4, -0.2) is 38.0 Å². The van der Waals surface area contributed by atoms with Gasteiger partial charge in [-0.05, 0) is 5.57 Å². The summed E-state index contributed by atoms with van der Waals surface area (Å²) in [6, 6.07) is -0.293. The van der Waals surface area contributed by atoms with E-state index in [9.17, 15) is 14.6 Å². The number of nitrogen functional groups attached to an aromatic ring is 1. The zero-order valence-corrected chi connectivity index (χ0v) is 10.7. The molecule has 1 aliphatic carbocycles. The molecule has 2 heterocycles. The van der Waals surface area contributed by atoms with Crippen molar-refractivity contribution < 1.29 is 14.6 Å². The highest BCUT2D eigenvalue weighted by molar-refractivity contribution is 5.87. The molecule has 2 aromatic heterocycles. The van der Waals surface area contributed by atoms with E-state index in [4.69, 9.17) is 5.73 Å². The molecule has 106 valence electrons. The summed E-state index contributed by atoms with van der Waals surface area (Å²) >= 11 is 0. The second-order valence-electron chi connectivity index (χ2n) is 5.00. The third kappa shape index (κ3) is 1.56. The average molecular weight is 278 g/mol. The molecule has 0 aliphatic heterocycles. The Hall–Kier alpha value is -1.99. The fourth-order valence-corrected chi connectivity index (χ4v) is 3.01. The van der Waals surface area contributed by atoms with E-state index in [2.05, 4.69) is 16.5 Å². The van der Waals surface area contributed by atoms with Gasteiger partial charge in [-0.2, -0.15) is 0 Å². The van der Waals surface area contributed by atoms with Gasteiger partial charge in [-0.1, -0.05) is 6.58 Å². The van der Waals surface area contributed by atoms with Crippen molar-refractivity contribution in [3.05, 3.63) is 30.5 Å². The van der Waals surface area contributed by atoms with Gasteiger partial charge in [0.05, 0.1) is 18.0 Å². The predicted octanol–water partition coefficient (Wildman–Crippen LogP) is 0.480. The van der Waals surface area contributed by atoms with Gasteiger partial charge in [0.2, 0.25) is 0 Å². The number of anilines is 1. The molecule has 0 aromatic carbocycles. The maximum atomic E-state index is 14.0. The molecule has 3 rings (SSSR count). The molecule has 0 unspecified atom stereocenters. The number of nitrogens with two attached hydrogens (primary N) is 1. The largest absolute Gasteiger partial charge is 0.396 e. The van der Waals surface area contributed by atoms with Crippen LogP contribution >= 0.6 is 0 Å². The van der Waals surface area contributed by atoms with Crippen molar-refractivity contribution in [1.82, 2.24) is 14.5 Å². The number of fused-ring (bicyclic) bond motifs is 1. The predicted molar refractivity (Wildman–Crippen MR) is 71.2 cm³/mol. The quantitative estimate of drug-likeness (QED) is 0.709. The summed E-state index contributed by atoms with van der Waals surface area (Å²) in [5.41, 5.74) is 6.79. The van der Waals surface area contributed by atoms with Crippen LogP contribution in [0.3, 0.4) is 0 Å². The van der Waals surface area contributed by atoms with Crippen molar-refractivity contribution >= 4 is 16.9 Å². The van der Waals surface area contributed by atoms with Crippen molar-refractivity contribution in [2.45, 2.75) is 6.04 Å². The third-order valence-corrected chi connectivity index (χ3v) is 4.08. The highest BCUT2D eigenvalue weighted by Crippen LogP contribution is 2.49. The van der Waals surface area contributed by atoms with Crippen LogP contribution in [-0.2, 0) is 0 Å². The molecule has 0 spiro atoms. The highest BCUT2D eigenvalue weighted by Gasteiger charge is 2.45. The zero-order chi connectivity index (χ0) is 14.4. The van der Waals surface area contributed by atoms with Gasteiger partial charge in [0.15, 0.2) is 5.82 Å². The SMILES string of the molecule is C=C1[C@@H](n2cc(F)c3c(N)ncnc32)[C@H](CO)[C@H]1CO. The number of rotatable bonds is 3. The molecule has 1 aliphatic rings. The second-order valence-corrected chi connectivity index (χ2v) is 5.00. The summed E-state index contributed by atoms with van der Waals surface area (Å²) in [7, 11) is 0. The van der Waals surface area contributed by atoms with E-state index in [-0.39, 0.29) is 42.3 Å². The van der Waals surface area contributed by atoms with Gasteiger partial charge in [-0.15, -0.1) is 0 Å². The topological polar surface area (TPSA) is 97.2 Å². The van der Waals surface area contributed by atoms with Gasteiger partial charge >= 0.3 is 0 Å². The molecule has 0 saturated heterocycles. The molecule has 6 nitrogen and oxygen atoms in total. The zero-order valence-electron chi connectivity index (χ0n) is 10.7. The summed E-state index contributed by atoms with van der Waals surface area (Å²) < 4.78 is 15.6. The van der Waals surface area contributed by atoms with Crippen LogP contribution in [0, 0.1) is 17.7 Å². The number of aliphatic hydroxyl groups excluding tert-OH is 2. The number of nitrogens with zero attached hydrogens (tertiary/aromatic N) is 3. The minimum atomic E-state index is -0.505. The van der Waals surface area contributed by atoms with E-state index in [0.717, 1.165) is 5.57 Å². The summed E-state index contributed by atoms with van der Waals surface area (Å²) in [5.74, 6) is -0.811. The van der Waals surface area contributed by atoms with Gasteiger partial charge in [0, 0.05) is 24.6 Å². The molecule has 3 atom stereocenters. The lowest BCUT2D eigenvalue weighted by Crippen LogP contribution is -2.44. The van der Waals surface area contributed by atoms with Crippen molar-refractivity contribution in [1.29, 1.82) is 0 Å². The van der Waals surface area contributed by atoms with Gasteiger partial charge in [-0.3, -0.25) is 0 Å². The van der Waals surface area contributed by atoms with E-state index in [1.165, 1.54) is 12.5 Å². The fraction of sp³-hybridized carbons (Fsp3) is 0.385. The van der Waals surface area contributed by atoms with Crippen LogP contribution < -0.4 is 5.73 Å². The van der Waals surface area contributed by atoms with Crippen LogP contribution in [0.25, 0.3) is 11.0 Å². The first-order chi connectivity index (χ1) is 9.60. The smallest absolute Gasteiger partial charge is 0.154 e. The first-order valence-corrected chi connectivity index (χ1v) is 6.27. The van der Waals surface area contributed by atoms with Crippen LogP contribution in [0.5, 0.6) is 0 Å². The van der Waals surface area contributed by atoms with Gasteiger partial charge < -0.3 is 20.5 Å². The summed E-state index contributed by atoms with van der Waals surface area (Å²) in [6.07, 6.45) is 2.56. The lowest BCUT2D eigenvalue weighted by molar-refractivity contribution is 0.0537. The minimum absolute atomic E-state index is 0.0791. The number of hydrogen-bond donors (Lipinski definition) is 3. The van der Waals surface area contributed by atoms with Crippen LogP contribution in [0.15, 0.2) is 24.7 Å². The molecule has 7 heteroatoms. The van der Waals surface area contributed by atoms with E-state index in [0.29, 0.717) is 5.65 Å². The van der Waals surface area contributed by atoms with Crippen molar-refractivity contribution in [2.24, 2.45) is 11.8 Å². The van der Waals surface area contributed by atoms with E-state index >= 15 is 0 Å². The fourth-order valence-electron chi connectivity index (χ4n) is 3.01. The van der Waals surface area contributed by atoms with Gasteiger partial charge in [0.25, 0.3) is 0 Å². The first-order valence-electron chi connectivity index (χ1n) is 6.27. The number of aliphatic hydroxyl groups is 2. The minimum Gasteiger partial charge on any atom is -0.396 e. The van der Waals surface area contributed by atoms with E-state index in [1.54, 1.807) is 4.57 Å².